The number of allylic oxidation sites excluding steroid dienone is 1. The highest BCUT2D eigenvalue weighted by molar-refractivity contribution is 5.63. The van der Waals surface area contributed by atoms with Gasteiger partial charge in [-0.3, -0.25) is 0 Å². The molecule has 0 saturated carbocycles. The predicted molar refractivity (Wildman–Crippen MR) is 128 cm³/mol. The SMILES string of the molecule is CCCCC(CC)COc1cc(C(C)(C)CC)c(OC)cc1/C=C/C(C)(C)CC. The van der Waals surface area contributed by atoms with Crippen molar-refractivity contribution in [1.29, 1.82) is 0 Å². The van der Waals surface area contributed by atoms with E-state index in [0.717, 1.165) is 42.9 Å². The summed E-state index contributed by atoms with van der Waals surface area (Å²) >= 11 is 0. The molecule has 0 bridgehead atoms. The Morgan fingerprint density at radius 1 is 0.966 bits per heavy atom. The normalized spacial score (nSPS) is 13.7. The van der Waals surface area contributed by atoms with E-state index in [2.05, 4.69) is 79.7 Å². The van der Waals surface area contributed by atoms with Crippen LogP contribution in [0.3, 0.4) is 0 Å². The fraction of sp³-hybridized carbons (Fsp3) is 0.704. The third-order valence-electron chi connectivity index (χ3n) is 6.59. The highest BCUT2D eigenvalue weighted by atomic mass is 16.5. The lowest BCUT2D eigenvalue weighted by Gasteiger charge is -2.27. The number of benzene rings is 1. The molecule has 2 heteroatoms. The number of rotatable bonds is 13. The molecule has 0 spiro atoms. The maximum absolute atomic E-state index is 6.46. The second kappa shape index (κ2) is 11.7. The highest BCUT2D eigenvalue weighted by Gasteiger charge is 2.25. The zero-order chi connectivity index (χ0) is 22.1. The van der Waals surface area contributed by atoms with Crippen LogP contribution in [0.2, 0.25) is 0 Å². The Balaban J connectivity index is 3.33. The summed E-state index contributed by atoms with van der Waals surface area (Å²) in [7, 11) is 1.77. The largest absolute Gasteiger partial charge is 0.496 e. The zero-order valence-corrected chi connectivity index (χ0v) is 20.7. The molecule has 0 N–H and O–H groups in total. The van der Waals surface area contributed by atoms with Crippen LogP contribution in [-0.2, 0) is 5.41 Å². The van der Waals surface area contributed by atoms with Gasteiger partial charge in [-0.05, 0) is 48.1 Å². The molecule has 0 aliphatic heterocycles. The van der Waals surface area contributed by atoms with Gasteiger partial charge in [0, 0.05) is 11.1 Å². The molecule has 0 aliphatic rings. The number of hydrogen-bond donors (Lipinski definition) is 0. The summed E-state index contributed by atoms with van der Waals surface area (Å²) in [4.78, 5) is 0. The van der Waals surface area contributed by atoms with Gasteiger partial charge in [0.1, 0.15) is 11.5 Å². The first-order valence-corrected chi connectivity index (χ1v) is 11.7. The van der Waals surface area contributed by atoms with Gasteiger partial charge in [0.15, 0.2) is 0 Å². The fourth-order valence-electron chi connectivity index (χ4n) is 3.26. The van der Waals surface area contributed by atoms with Gasteiger partial charge in [-0.15, -0.1) is 0 Å². The lowest BCUT2D eigenvalue weighted by Crippen LogP contribution is -2.18. The van der Waals surface area contributed by atoms with Crippen molar-refractivity contribution < 1.29 is 9.47 Å². The van der Waals surface area contributed by atoms with E-state index in [1.54, 1.807) is 7.11 Å². The van der Waals surface area contributed by atoms with Crippen LogP contribution in [0.4, 0.5) is 0 Å². The molecule has 0 amide bonds. The quantitative estimate of drug-likeness (QED) is 0.329. The van der Waals surface area contributed by atoms with Crippen molar-refractivity contribution in [2.45, 2.75) is 99.3 Å². The Morgan fingerprint density at radius 3 is 2.17 bits per heavy atom. The molecule has 1 unspecified atom stereocenters. The number of unbranched alkanes of at least 4 members (excludes halogenated alkanes) is 1. The van der Waals surface area contributed by atoms with Gasteiger partial charge in [-0.25, -0.2) is 0 Å². The zero-order valence-electron chi connectivity index (χ0n) is 20.7. The summed E-state index contributed by atoms with van der Waals surface area (Å²) in [6.07, 6.45) is 11.6. The van der Waals surface area contributed by atoms with E-state index in [1.165, 1.54) is 24.8 Å². The van der Waals surface area contributed by atoms with Crippen LogP contribution in [0, 0.1) is 11.3 Å². The molecule has 1 aromatic carbocycles. The van der Waals surface area contributed by atoms with Crippen LogP contribution < -0.4 is 9.47 Å². The second-order valence-corrected chi connectivity index (χ2v) is 9.73. The van der Waals surface area contributed by atoms with Gasteiger partial charge in [0.25, 0.3) is 0 Å². The summed E-state index contributed by atoms with van der Waals surface area (Å²) in [6.45, 7) is 18.9. The van der Waals surface area contributed by atoms with E-state index in [4.69, 9.17) is 9.47 Å². The van der Waals surface area contributed by atoms with Crippen molar-refractivity contribution in [2.75, 3.05) is 13.7 Å². The summed E-state index contributed by atoms with van der Waals surface area (Å²) in [5.41, 5.74) is 2.55. The van der Waals surface area contributed by atoms with Gasteiger partial charge in [0.2, 0.25) is 0 Å². The molecule has 0 radical (unpaired) electrons. The van der Waals surface area contributed by atoms with Crippen LogP contribution >= 0.6 is 0 Å². The molecular formula is C27H46O2. The van der Waals surface area contributed by atoms with Crippen LogP contribution in [0.25, 0.3) is 6.08 Å². The Bertz CT molecular complexity index is 640. The molecule has 0 aliphatic carbocycles. The van der Waals surface area contributed by atoms with Crippen LogP contribution in [-0.4, -0.2) is 13.7 Å². The first-order valence-electron chi connectivity index (χ1n) is 11.7. The molecule has 0 saturated heterocycles. The average Bonchev–Trinajstić information content (AvgIpc) is 2.72. The maximum Gasteiger partial charge on any atom is 0.127 e. The fourth-order valence-corrected chi connectivity index (χ4v) is 3.26. The van der Waals surface area contributed by atoms with E-state index in [-0.39, 0.29) is 10.8 Å². The first-order chi connectivity index (χ1) is 13.6. The monoisotopic (exact) mass is 402 g/mol. The van der Waals surface area contributed by atoms with Crippen molar-refractivity contribution in [3.8, 4) is 11.5 Å². The highest BCUT2D eigenvalue weighted by Crippen LogP contribution is 2.40. The number of hydrogen-bond acceptors (Lipinski definition) is 2. The number of ether oxygens (including phenoxy) is 2. The Labute approximate surface area is 181 Å². The molecule has 0 fully saturated rings. The average molecular weight is 403 g/mol. The van der Waals surface area contributed by atoms with Crippen molar-refractivity contribution in [3.63, 3.8) is 0 Å². The van der Waals surface area contributed by atoms with E-state index in [9.17, 15) is 0 Å². The molecule has 2 nitrogen and oxygen atoms in total. The number of methoxy groups -OCH3 is 1. The summed E-state index contributed by atoms with van der Waals surface area (Å²) in [5, 5.41) is 0. The van der Waals surface area contributed by atoms with Crippen LogP contribution in [0.15, 0.2) is 18.2 Å². The Morgan fingerprint density at radius 2 is 1.66 bits per heavy atom. The van der Waals surface area contributed by atoms with E-state index in [1.807, 2.05) is 0 Å². The predicted octanol–water partition coefficient (Wildman–Crippen LogP) is 8.43. The van der Waals surface area contributed by atoms with Crippen molar-refractivity contribution in [3.05, 3.63) is 29.3 Å². The minimum absolute atomic E-state index is 0.0424. The first kappa shape index (κ1) is 25.6. The lowest BCUT2D eigenvalue weighted by atomic mass is 9.81. The topological polar surface area (TPSA) is 18.5 Å². The molecule has 1 aromatic rings. The second-order valence-electron chi connectivity index (χ2n) is 9.73. The third kappa shape index (κ3) is 7.72. The van der Waals surface area contributed by atoms with E-state index >= 15 is 0 Å². The minimum atomic E-state index is 0.0424. The molecule has 166 valence electrons. The maximum atomic E-state index is 6.46. The Kier molecular flexibility index (Phi) is 10.3. The van der Waals surface area contributed by atoms with Gasteiger partial charge < -0.3 is 9.47 Å². The molecule has 1 atom stereocenters. The summed E-state index contributed by atoms with van der Waals surface area (Å²) < 4.78 is 12.3. The van der Waals surface area contributed by atoms with Crippen LogP contribution in [0.5, 0.6) is 11.5 Å². The van der Waals surface area contributed by atoms with E-state index < -0.39 is 0 Å². The van der Waals surface area contributed by atoms with Gasteiger partial charge in [-0.1, -0.05) is 86.8 Å². The summed E-state index contributed by atoms with van der Waals surface area (Å²) in [6, 6.07) is 4.39. The van der Waals surface area contributed by atoms with Gasteiger partial charge >= 0.3 is 0 Å². The van der Waals surface area contributed by atoms with E-state index in [0.29, 0.717) is 5.92 Å². The molecule has 1 rings (SSSR count). The van der Waals surface area contributed by atoms with Gasteiger partial charge in [-0.2, -0.15) is 0 Å². The molecule has 29 heavy (non-hydrogen) atoms. The molecule has 0 aromatic heterocycles. The minimum Gasteiger partial charge on any atom is -0.496 e. The lowest BCUT2D eigenvalue weighted by molar-refractivity contribution is 0.232. The standard InChI is InChI=1S/C27H46O2/c1-10-14-15-21(11-2)20-29-24-19-23(27(7,8)13-4)25(28-9)18-22(24)16-17-26(5,6)12-3/h16-19,21H,10-15,20H2,1-9H3/b17-16+. The third-order valence-corrected chi connectivity index (χ3v) is 6.59. The van der Waals surface area contributed by atoms with Crippen molar-refractivity contribution >= 4 is 6.08 Å². The van der Waals surface area contributed by atoms with Crippen molar-refractivity contribution in [1.82, 2.24) is 0 Å². The van der Waals surface area contributed by atoms with Crippen molar-refractivity contribution in [2.24, 2.45) is 11.3 Å². The van der Waals surface area contributed by atoms with Gasteiger partial charge in [0.05, 0.1) is 13.7 Å². The molecular weight excluding hydrogens is 356 g/mol. The smallest absolute Gasteiger partial charge is 0.127 e. The summed E-state index contributed by atoms with van der Waals surface area (Å²) in [5.74, 6) is 2.56. The molecule has 0 heterocycles. The van der Waals surface area contributed by atoms with Crippen LogP contribution in [0.1, 0.15) is 105 Å². The Hall–Kier alpha value is -1.44.